The number of aromatic nitrogens is 2. The number of aromatic amines is 1. The van der Waals surface area contributed by atoms with Crippen LogP contribution in [0.3, 0.4) is 0 Å². The van der Waals surface area contributed by atoms with E-state index in [9.17, 15) is 18.0 Å². The van der Waals surface area contributed by atoms with Crippen molar-refractivity contribution in [1.82, 2.24) is 10.2 Å². The van der Waals surface area contributed by atoms with Gasteiger partial charge in [0.1, 0.15) is 5.60 Å². The SMILES string of the molecule is CC(C)(C)OC(=O)N(c1n[nH]c(=S)s1)c1ccccc1C(F)(F)F. The number of nitrogens with zero attached hydrogens (tertiary/aromatic N) is 2. The number of benzene rings is 1. The van der Waals surface area contributed by atoms with E-state index in [1.807, 2.05) is 0 Å². The van der Waals surface area contributed by atoms with Gasteiger partial charge in [-0.05, 0) is 45.1 Å². The highest BCUT2D eigenvalue weighted by Crippen LogP contribution is 2.40. The molecule has 0 aliphatic rings. The molecule has 10 heteroatoms. The van der Waals surface area contributed by atoms with Crippen molar-refractivity contribution >= 4 is 40.5 Å². The Morgan fingerprint density at radius 3 is 2.42 bits per heavy atom. The first-order chi connectivity index (χ1) is 11.0. The van der Waals surface area contributed by atoms with Crippen LogP contribution in [-0.4, -0.2) is 21.9 Å². The van der Waals surface area contributed by atoms with E-state index in [1.165, 1.54) is 18.2 Å². The Kier molecular flexibility index (Phi) is 5.00. The molecular weight excluding hydrogens is 363 g/mol. The normalized spacial score (nSPS) is 12.1. The maximum absolute atomic E-state index is 13.3. The van der Waals surface area contributed by atoms with Crippen LogP contribution >= 0.6 is 23.6 Å². The smallest absolute Gasteiger partial charge is 0.421 e. The monoisotopic (exact) mass is 377 g/mol. The molecule has 2 rings (SSSR count). The molecule has 1 heterocycles. The highest BCUT2D eigenvalue weighted by Gasteiger charge is 2.38. The van der Waals surface area contributed by atoms with E-state index in [2.05, 4.69) is 10.2 Å². The lowest BCUT2D eigenvalue weighted by Crippen LogP contribution is -2.34. The summed E-state index contributed by atoms with van der Waals surface area (Å²) in [4.78, 5) is 13.3. The number of rotatable bonds is 2. The van der Waals surface area contributed by atoms with Crippen LogP contribution in [0.25, 0.3) is 0 Å². The van der Waals surface area contributed by atoms with Crippen LogP contribution in [0.4, 0.5) is 28.8 Å². The summed E-state index contributed by atoms with van der Waals surface area (Å²) < 4.78 is 45.4. The van der Waals surface area contributed by atoms with Crippen molar-refractivity contribution in [2.24, 2.45) is 0 Å². The van der Waals surface area contributed by atoms with Crippen molar-refractivity contribution in [3.8, 4) is 0 Å². The average Bonchev–Trinajstić information content (AvgIpc) is 2.82. The number of alkyl halides is 3. The topological polar surface area (TPSA) is 58.2 Å². The largest absolute Gasteiger partial charge is 0.443 e. The minimum atomic E-state index is -4.64. The van der Waals surface area contributed by atoms with Crippen LogP contribution in [-0.2, 0) is 10.9 Å². The first kappa shape index (κ1) is 18.4. The molecule has 0 spiro atoms. The van der Waals surface area contributed by atoms with Gasteiger partial charge in [0.15, 0.2) is 3.95 Å². The Balaban J connectivity index is 2.60. The summed E-state index contributed by atoms with van der Waals surface area (Å²) in [6.07, 6.45) is -5.62. The van der Waals surface area contributed by atoms with Gasteiger partial charge in [0, 0.05) is 0 Å². The van der Waals surface area contributed by atoms with Crippen LogP contribution in [0.5, 0.6) is 0 Å². The third-order valence-corrected chi connectivity index (χ3v) is 3.72. The van der Waals surface area contributed by atoms with Gasteiger partial charge in [-0.25, -0.2) is 9.69 Å². The summed E-state index contributed by atoms with van der Waals surface area (Å²) in [6.45, 7) is 4.85. The lowest BCUT2D eigenvalue weighted by atomic mass is 10.1. The standard InChI is InChI=1S/C14H14F3N3O2S2/c1-13(2,3)22-12(21)20(10-18-19-11(23)24-10)9-7-5-4-6-8(9)14(15,16)17/h4-7H,1-3H3,(H,19,23). The maximum Gasteiger partial charge on any atom is 0.421 e. The van der Waals surface area contributed by atoms with Crippen LogP contribution in [0.2, 0.25) is 0 Å². The number of ether oxygens (including phenoxy) is 1. The Morgan fingerprint density at radius 2 is 1.92 bits per heavy atom. The molecule has 0 fully saturated rings. The number of carbonyl (C=O) groups is 1. The molecule has 1 aromatic carbocycles. The van der Waals surface area contributed by atoms with Gasteiger partial charge in [0.2, 0.25) is 5.13 Å². The summed E-state index contributed by atoms with van der Waals surface area (Å²) in [5.41, 5.74) is -2.24. The molecule has 0 aliphatic carbocycles. The highest BCUT2D eigenvalue weighted by atomic mass is 32.1. The molecule has 0 saturated heterocycles. The van der Waals surface area contributed by atoms with Crippen LogP contribution in [0.15, 0.2) is 24.3 Å². The minimum absolute atomic E-state index is 0.0362. The Hall–Kier alpha value is -1.94. The third kappa shape index (κ3) is 4.32. The highest BCUT2D eigenvalue weighted by molar-refractivity contribution is 7.73. The van der Waals surface area contributed by atoms with E-state index in [0.717, 1.165) is 22.3 Å². The predicted octanol–water partition coefficient (Wildman–Crippen LogP) is 5.29. The Labute approximate surface area is 145 Å². The molecule has 5 nitrogen and oxygen atoms in total. The molecule has 1 N–H and O–H groups in total. The molecule has 130 valence electrons. The van der Waals surface area contributed by atoms with Gasteiger partial charge in [-0.15, -0.1) is 5.10 Å². The first-order valence-corrected chi connectivity index (χ1v) is 7.96. The summed E-state index contributed by atoms with van der Waals surface area (Å²) in [5.74, 6) is 0. The van der Waals surface area contributed by atoms with Gasteiger partial charge in [-0.3, -0.25) is 5.10 Å². The lowest BCUT2D eigenvalue weighted by Gasteiger charge is -2.27. The number of carbonyl (C=O) groups excluding carboxylic acids is 1. The van der Waals surface area contributed by atoms with E-state index in [4.69, 9.17) is 17.0 Å². The van der Waals surface area contributed by atoms with E-state index in [0.29, 0.717) is 0 Å². The van der Waals surface area contributed by atoms with Crippen molar-refractivity contribution in [1.29, 1.82) is 0 Å². The maximum atomic E-state index is 13.3. The van der Waals surface area contributed by atoms with Crippen LogP contribution in [0, 0.1) is 3.95 Å². The van der Waals surface area contributed by atoms with E-state index >= 15 is 0 Å². The summed E-state index contributed by atoms with van der Waals surface area (Å²) in [7, 11) is 0. The molecule has 0 bridgehead atoms. The minimum Gasteiger partial charge on any atom is -0.443 e. The molecule has 1 aromatic heterocycles. The number of H-pyrrole nitrogens is 1. The second-order valence-corrected chi connectivity index (χ2v) is 7.37. The van der Waals surface area contributed by atoms with Gasteiger partial charge >= 0.3 is 12.3 Å². The van der Waals surface area contributed by atoms with Crippen molar-refractivity contribution < 1.29 is 22.7 Å². The fourth-order valence-electron chi connectivity index (χ4n) is 1.81. The number of halogens is 3. The quantitative estimate of drug-likeness (QED) is 0.722. The first-order valence-electron chi connectivity index (χ1n) is 6.74. The second-order valence-electron chi connectivity index (χ2n) is 5.73. The number of hydrogen-bond acceptors (Lipinski definition) is 5. The third-order valence-electron chi connectivity index (χ3n) is 2.64. The fraction of sp³-hybridized carbons (Fsp3) is 0.357. The molecule has 0 saturated carbocycles. The van der Waals surface area contributed by atoms with Crippen molar-refractivity contribution in [3.05, 3.63) is 33.8 Å². The molecular formula is C14H14F3N3O2S2. The Morgan fingerprint density at radius 1 is 1.29 bits per heavy atom. The molecule has 0 atom stereocenters. The van der Waals surface area contributed by atoms with Crippen LogP contribution in [0.1, 0.15) is 26.3 Å². The van der Waals surface area contributed by atoms with E-state index in [1.54, 1.807) is 20.8 Å². The molecule has 1 amide bonds. The predicted molar refractivity (Wildman–Crippen MR) is 87.1 cm³/mol. The summed E-state index contributed by atoms with van der Waals surface area (Å²) >= 11 is 5.77. The van der Waals surface area contributed by atoms with E-state index < -0.39 is 23.4 Å². The fourth-order valence-corrected chi connectivity index (χ4v) is 2.69. The molecule has 0 aliphatic heterocycles. The van der Waals surface area contributed by atoms with E-state index in [-0.39, 0.29) is 14.8 Å². The second kappa shape index (κ2) is 6.52. The van der Waals surface area contributed by atoms with Gasteiger partial charge in [-0.2, -0.15) is 13.2 Å². The van der Waals surface area contributed by atoms with Crippen molar-refractivity contribution in [2.75, 3.05) is 4.90 Å². The number of anilines is 2. The van der Waals surface area contributed by atoms with Gasteiger partial charge in [-0.1, -0.05) is 23.5 Å². The molecule has 24 heavy (non-hydrogen) atoms. The van der Waals surface area contributed by atoms with Crippen molar-refractivity contribution in [3.63, 3.8) is 0 Å². The van der Waals surface area contributed by atoms with Gasteiger partial charge < -0.3 is 4.74 Å². The zero-order valence-electron chi connectivity index (χ0n) is 13.0. The van der Waals surface area contributed by atoms with Crippen molar-refractivity contribution in [2.45, 2.75) is 32.5 Å². The number of para-hydroxylation sites is 1. The average molecular weight is 377 g/mol. The number of hydrogen-bond donors (Lipinski definition) is 1. The lowest BCUT2D eigenvalue weighted by molar-refractivity contribution is -0.137. The summed E-state index contributed by atoms with van der Waals surface area (Å²) in [5, 5.41) is 6.23. The molecule has 2 aromatic rings. The number of amides is 1. The van der Waals surface area contributed by atoms with Crippen LogP contribution < -0.4 is 4.90 Å². The number of nitrogens with one attached hydrogen (secondary N) is 1. The molecule has 0 radical (unpaired) electrons. The van der Waals surface area contributed by atoms with Gasteiger partial charge in [0.05, 0.1) is 11.3 Å². The Bertz CT molecular complexity index is 793. The zero-order chi connectivity index (χ0) is 18.1. The molecule has 0 unspecified atom stereocenters. The van der Waals surface area contributed by atoms with Gasteiger partial charge in [0.25, 0.3) is 0 Å². The zero-order valence-corrected chi connectivity index (χ0v) is 14.6. The summed E-state index contributed by atoms with van der Waals surface area (Å²) in [6, 6.07) is 4.70.